The van der Waals surface area contributed by atoms with Crippen molar-refractivity contribution in [2.75, 3.05) is 40.4 Å². The Kier molecular flexibility index (Phi) is 11.8. The first-order chi connectivity index (χ1) is 14.7. The molecule has 2 fully saturated rings. The van der Waals surface area contributed by atoms with Crippen molar-refractivity contribution in [1.82, 2.24) is 15.5 Å². The highest BCUT2D eigenvalue weighted by Crippen LogP contribution is 2.28. The third kappa shape index (κ3) is 8.00. The van der Waals surface area contributed by atoms with Crippen LogP contribution in [-0.2, 0) is 6.42 Å². The van der Waals surface area contributed by atoms with Crippen LogP contribution < -0.4 is 20.1 Å². The number of nitrogens with one attached hydrogen (secondary N) is 2. The molecule has 0 radical (unpaired) electrons. The molecular formula is C24H41IN4O2. The number of likely N-dealkylation sites (tertiary alicyclic amines) is 1. The highest BCUT2D eigenvalue weighted by Gasteiger charge is 2.27. The van der Waals surface area contributed by atoms with Gasteiger partial charge in [0.1, 0.15) is 0 Å². The molecule has 1 aliphatic carbocycles. The average molecular weight is 545 g/mol. The Hall–Kier alpha value is -1.22. The van der Waals surface area contributed by atoms with E-state index in [2.05, 4.69) is 32.7 Å². The summed E-state index contributed by atoms with van der Waals surface area (Å²) in [5.41, 5.74) is 1.27. The summed E-state index contributed by atoms with van der Waals surface area (Å²) in [5.74, 6) is 2.55. The second-order valence-corrected chi connectivity index (χ2v) is 8.41. The lowest BCUT2D eigenvalue weighted by molar-refractivity contribution is 0.150. The molecule has 0 bridgehead atoms. The molecule has 3 rings (SSSR count). The van der Waals surface area contributed by atoms with Gasteiger partial charge >= 0.3 is 0 Å². The molecule has 0 unspecified atom stereocenters. The Balaban J connectivity index is 0.00000341. The minimum absolute atomic E-state index is 0. The number of hydrogen-bond acceptors (Lipinski definition) is 4. The van der Waals surface area contributed by atoms with Crippen molar-refractivity contribution in [1.29, 1.82) is 0 Å². The number of piperidine rings is 1. The predicted molar refractivity (Wildman–Crippen MR) is 139 cm³/mol. The van der Waals surface area contributed by atoms with E-state index >= 15 is 0 Å². The van der Waals surface area contributed by atoms with Crippen LogP contribution in [0.25, 0.3) is 0 Å². The van der Waals surface area contributed by atoms with Crippen LogP contribution in [0.2, 0.25) is 0 Å². The molecule has 1 heterocycles. The number of ether oxygens (including phenoxy) is 2. The summed E-state index contributed by atoms with van der Waals surface area (Å²) in [6, 6.07) is 7.58. The van der Waals surface area contributed by atoms with Gasteiger partial charge in [0.05, 0.1) is 13.7 Å². The second-order valence-electron chi connectivity index (χ2n) is 8.41. The van der Waals surface area contributed by atoms with Gasteiger partial charge in [-0.25, -0.2) is 0 Å². The van der Waals surface area contributed by atoms with Gasteiger partial charge in [0.15, 0.2) is 17.5 Å². The molecule has 0 spiro atoms. The van der Waals surface area contributed by atoms with Gasteiger partial charge in [-0.15, -0.1) is 24.0 Å². The third-order valence-corrected chi connectivity index (χ3v) is 6.40. The molecule has 1 aliphatic heterocycles. The zero-order chi connectivity index (χ0) is 21.2. The Morgan fingerprint density at radius 3 is 2.52 bits per heavy atom. The van der Waals surface area contributed by atoms with Gasteiger partial charge in [-0.3, -0.25) is 4.99 Å². The van der Waals surface area contributed by atoms with Crippen molar-refractivity contribution in [3.8, 4) is 11.5 Å². The van der Waals surface area contributed by atoms with Crippen molar-refractivity contribution in [2.24, 2.45) is 4.99 Å². The molecule has 1 aromatic rings. The number of aryl methyl sites for hydroxylation is 1. The van der Waals surface area contributed by atoms with Crippen molar-refractivity contribution < 1.29 is 9.47 Å². The summed E-state index contributed by atoms with van der Waals surface area (Å²) in [4.78, 5) is 7.14. The number of guanidine groups is 1. The van der Waals surface area contributed by atoms with Crippen molar-refractivity contribution >= 4 is 29.9 Å². The predicted octanol–water partition coefficient (Wildman–Crippen LogP) is 4.22. The van der Waals surface area contributed by atoms with E-state index in [0.717, 1.165) is 42.9 Å². The van der Waals surface area contributed by atoms with Crippen LogP contribution in [0.15, 0.2) is 23.2 Å². The van der Waals surface area contributed by atoms with E-state index in [-0.39, 0.29) is 24.0 Å². The van der Waals surface area contributed by atoms with Crippen molar-refractivity contribution in [2.45, 2.75) is 70.4 Å². The number of benzene rings is 1. The zero-order valence-corrected chi connectivity index (χ0v) is 21.8. The molecular weight excluding hydrogens is 503 g/mol. The minimum atomic E-state index is 0. The van der Waals surface area contributed by atoms with Crippen LogP contribution in [0.3, 0.4) is 0 Å². The van der Waals surface area contributed by atoms with Gasteiger partial charge in [0.25, 0.3) is 0 Å². The highest BCUT2D eigenvalue weighted by atomic mass is 127. The highest BCUT2D eigenvalue weighted by molar-refractivity contribution is 14.0. The monoisotopic (exact) mass is 544 g/mol. The summed E-state index contributed by atoms with van der Waals surface area (Å²) in [7, 11) is 3.54. The molecule has 0 aromatic heterocycles. The summed E-state index contributed by atoms with van der Waals surface area (Å²) in [5, 5.41) is 7.12. The van der Waals surface area contributed by atoms with Crippen LogP contribution in [0.4, 0.5) is 0 Å². The van der Waals surface area contributed by atoms with E-state index in [9.17, 15) is 0 Å². The molecule has 7 heteroatoms. The lowest BCUT2D eigenvalue weighted by Gasteiger charge is -2.36. The van der Waals surface area contributed by atoms with E-state index in [1.165, 1.54) is 57.2 Å². The van der Waals surface area contributed by atoms with Crippen molar-refractivity contribution in [3.05, 3.63) is 23.8 Å². The molecule has 176 valence electrons. The standard InChI is InChI=1S/C24H40N4O2.HI/c1-4-30-23-18-19(11-12-22(23)29-3)8-7-15-26-24(25-2)27-20-13-16-28(17-14-20)21-9-5-6-10-21;/h11-12,18,20-21H,4-10,13-17H2,1-3H3,(H2,25,26,27);1H. The first-order valence-electron chi connectivity index (χ1n) is 11.7. The number of aliphatic imine (C=N–C) groups is 1. The van der Waals surface area contributed by atoms with E-state index in [1.807, 2.05) is 20.0 Å². The van der Waals surface area contributed by atoms with E-state index < -0.39 is 0 Å². The minimum Gasteiger partial charge on any atom is -0.493 e. The maximum absolute atomic E-state index is 5.68. The van der Waals surface area contributed by atoms with Crippen LogP contribution in [0, 0.1) is 0 Å². The summed E-state index contributed by atoms with van der Waals surface area (Å²) < 4.78 is 11.0. The van der Waals surface area contributed by atoms with Gasteiger partial charge in [-0.05, 0) is 63.1 Å². The maximum atomic E-state index is 5.68. The quantitative estimate of drug-likeness (QED) is 0.211. The topological polar surface area (TPSA) is 58.1 Å². The first kappa shape index (κ1) is 26.0. The number of methoxy groups -OCH3 is 1. The molecule has 1 aromatic carbocycles. The molecule has 31 heavy (non-hydrogen) atoms. The molecule has 6 nitrogen and oxygen atoms in total. The van der Waals surface area contributed by atoms with Crippen LogP contribution in [0.1, 0.15) is 57.4 Å². The number of halogens is 1. The van der Waals surface area contributed by atoms with Gasteiger partial charge < -0.3 is 25.0 Å². The van der Waals surface area contributed by atoms with Crippen LogP contribution in [-0.4, -0.2) is 63.3 Å². The fraction of sp³-hybridized carbons (Fsp3) is 0.708. The van der Waals surface area contributed by atoms with Gasteiger partial charge in [-0.1, -0.05) is 18.9 Å². The summed E-state index contributed by atoms with van der Waals surface area (Å²) in [6.07, 6.45) is 10.1. The Labute approximate surface area is 205 Å². The van der Waals surface area contributed by atoms with Crippen molar-refractivity contribution in [3.63, 3.8) is 0 Å². The fourth-order valence-electron chi connectivity index (χ4n) is 4.71. The van der Waals surface area contributed by atoms with Gasteiger partial charge in [0, 0.05) is 38.8 Å². The van der Waals surface area contributed by atoms with E-state index in [1.54, 1.807) is 7.11 Å². The zero-order valence-electron chi connectivity index (χ0n) is 19.5. The van der Waals surface area contributed by atoms with E-state index in [4.69, 9.17) is 9.47 Å². The first-order valence-corrected chi connectivity index (χ1v) is 11.7. The molecule has 0 amide bonds. The average Bonchev–Trinajstić information content (AvgIpc) is 3.32. The summed E-state index contributed by atoms with van der Waals surface area (Å²) in [6.45, 7) is 5.98. The molecule has 1 saturated carbocycles. The SMILES string of the molecule is CCOc1cc(CCCNC(=NC)NC2CCN(C3CCCC3)CC2)ccc1OC.I. The molecule has 2 aliphatic rings. The summed E-state index contributed by atoms with van der Waals surface area (Å²) >= 11 is 0. The third-order valence-electron chi connectivity index (χ3n) is 6.40. The largest absolute Gasteiger partial charge is 0.493 e. The van der Waals surface area contributed by atoms with E-state index in [0.29, 0.717) is 12.6 Å². The Bertz CT molecular complexity index is 672. The molecule has 0 atom stereocenters. The normalized spacial score (nSPS) is 18.5. The lowest BCUT2D eigenvalue weighted by Crippen LogP contribution is -2.50. The second kappa shape index (κ2) is 14.0. The fourth-order valence-corrected chi connectivity index (χ4v) is 4.71. The maximum Gasteiger partial charge on any atom is 0.191 e. The number of nitrogens with zero attached hydrogens (tertiary/aromatic N) is 2. The Morgan fingerprint density at radius 2 is 1.87 bits per heavy atom. The molecule has 2 N–H and O–H groups in total. The number of hydrogen-bond donors (Lipinski definition) is 2. The van der Waals surface area contributed by atoms with Gasteiger partial charge in [-0.2, -0.15) is 0 Å². The van der Waals surface area contributed by atoms with Gasteiger partial charge in [0.2, 0.25) is 0 Å². The van der Waals surface area contributed by atoms with Crippen LogP contribution in [0.5, 0.6) is 11.5 Å². The van der Waals surface area contributed by atoms with Crippen LogP contribution >= 0.6 is 24.0 Å². The molecule has 1 saturated heterocycles. The lowest BCUT2D eigenvalue weighted by atomic mass is 10.0. The Morgan fingerprint density at radius 1 is 1.13 bits per heavy atom. The number of rotatable bonds is 9. The smallest absolute Gasteiger partial charge is 0.191 e.